The summed E-state index contributed by atoms with van der Waals surface area (Å²) < 4.78 is 35.8. The Hall–Kier alpha value is -6.50. The number of aryl methyl sites for hydroxylation is 1. The number of nitrogens with zero attached hydrogens (tertiary/aromatic N) is 2. The molecule has 0 saturated heterocycles. The number of amides is 2. The quantitative estimate of drug-likeness (QED) is 0.0478. The summed E-state index contributed by atoms with van der Waals surface area (Å²) in [4.78, 5) is 71.5. The Bertz CT molecular complexity index is 2710. The van der Waals surface area contributed by atoms with E-state index in [1.54, 1.807) is 53.8 Å². The highest BCUT2D eigenvalue weighted by Crippen LogP contribution is 2.45. The van der Waals surface area contributed by atoms with E-state index in [-0.39, 0.29) is 91.7 Å². The number of hydrogen-bond acceptors (Lipinski definition) is 16. The fourth-order valence-electron chi connectivity index (χ4n) is 8.17. The molecule has 3 heterocycles. The first-order valence-corrected chi connectivity index (χ1v) is 21.8. The van der Waals surface area contributed by atoms with Crippen molar-refractivity contribution in [2.24, 2.45) is 23.7 Å². The molecule has 18 nitrogen and oxygen atoms in total. The van der Waals surface area contributed by atoms with Gasteiger partial charge in [-0.3, -0.25) is 24.0 Å². The Morgan fingerprint density at radius 2 is 1.64 bits per heavy atom. The molecule has 0 unspecified atom stereocenters. The molecule has 0 radical (unpaired) electrons. The monoisotopic (exact) mass is 931 g/mol. The zero-order chi connectivity index (χ0) is 49.8. The van der Waals surface area contributed by atoms with Gasteiger partial charge in [-0.1, -0.05) is 45.9 Å². The average Bonchev–Trinajstić information content (AvgIpc) is 3.28. The van der Waals surface area contributed by atoms with E-state index in [0.29, 0.717) is 6.29 Å². The number of anilines is 1. The van der Waals surface area contributed by atoms with Gasteiger partial charge in [-0.2, -0.15) is 0 Å². The van der Waals surface area contributed by atoms with E-state index in [1.807, 2.05) is 0 Å². The number of benzene rings is 3. The summed E-state index contributed by atoms with van der Waals surface area (Å²) in [6.45, 7) is 15.6. The molecule has 1 aromatic heterocycles. The van der Waals surface area contributed by atoms with E-state index in [1.165, 1.54) is 70.9 Å². The molecule has 5 N–H and O–H groups in total. The first-order chi connectivity index (χ1) is 31.5. The number of methoxy groups -OCH3 is 1. The maximum absolute atomic E-state index is 14.4. The van der Waals surface area contributed by atoms with Gasteiger partial charge in [-0.15, -0.1) is 0 Å². The standard InChI is InChI=1S/C49H61N3O15/c1-23-14-13-15-24(2)48(61)51-40-44(60)37-36(39-47(40)66-35-21-32(20-33(56)38(35)50-39)63-19-17-52(11)30(8)54)26(4)46(29(7)43(37)59)67-49(10,22-53)64-18-16-34(62-12)25(3)45(65-31(9)55)28(6)42(58)27(5)41(23)57/h13-16,18,20-23,25,27-28,34,41-42,45,56-58,60H,17,19H2,1-12H3,(H,51,61)/b14-13+,18-16+,24-15-/t23-,25+,27+,28+,34-,41-,42+,45+,49-/m0/s1. The summed E-state index contributed by atoms with van der Waals surface area (Å²) >= 11 is 0. The Morgan fingerprint density at radius 1 is 0.955 bits per heavy atom. The van der Waals surface area contributed by atoms with Crippen LogP contribution < -0.4 is 20.2 Å². The van der Waals surface area contributed by atoms with Crippen molar-refractivity contribution in [3.8, 4) is 23.0 Å². The molecule has 0 fully saturated rings. The topological polar surface area (TPSA) is 254 Å². The lowest BCUT2D eigenvalue weighted by Gasteiger charge is -2.38. The van der Waals surface area contributed by atoms with Gasteiger partial charge in [0.05, 0.1) is 36.5 Å². The highest BCUT2D eigenvalue weighted by Gasteiger charge is 2.40. The number of aliphatic hydroxyl groups excluding tert-OH is 2. The van der Waals surface area contributed by atoms with E-state index >= 15 is 0 Å². The van der Waals surface area contributed by atoms with E-state index in [9.17, 15) is 44.4 Å². The van der Waals surface area contributed by atoms with Crippen molar-refractivity contribution in [2.75, 3.05) is 32.6 Å². The first kappa shape index (κ1) is 51.5. The molecule has 6 rings (SSSR count). The minimum atomic E-state index is -2.09. The van der Waals surface area contributed by atoms with Crippen molar-refractivity contribution in [3.63, 3.8) is 0 Å². The van der Waals surface area contributed by atoms with Crippen molar-refractivity contribution < 1.29 is 67.7 Å². The average molecular weight is 932 g/mol. The number of carbonyl (C=O) groups excluding carboxylic acids is 4. The number of aliphatic hydroxyl groups is 2. The number of allylic oxidation sites excluding steroid dienone is 2. The lowest BCUT2D eigenvalue weighted by Crippen LogP contribution is -2.46. The van der Waals surface area contributed by atoms with Gasteiger partial charge in [0.2, 0.25) is 12.2 Å². The summed E-state index contributed by atoms with van der Waals surface area (Å²) in [5, 5.41) is 48.7. The van der Waals surface area contributed by atoms with Crippen LogP contribution in [0, 0.1) is 37.5 Å². The van der Waals surface area contributed by atoms with Gasteiger partial charge < -0.3 is 58.7 Å². The number of fused-ring (bicyclic) bond motifs is 17. The summed E-state index contributed by atoms with van der Waals surface area (Å²) in [7, 11) is 3.02. The Morgan fingerprint density at radius 3 is 2.27 bits per heavy atom. The number of aromatic hydroxyl groups is 2. The highest BCUT2D eigenvalue weighted by molar-refractivity contribution is 6.19. The van der Waals surface area contributed by atoms with Gasteiger partial charge in [-0.05, 0) is 26.8 Å². The minimum absolute atomic E-state index is 0.00104. The molecule has 0 spiro atoms. The molecule has 362 valence electrons. The molecule has 67 heavy (non-hydrogen) atoms. The van der Waals surface area contributed by atoms with Gasteiger partial charge in [0, 0.05) is 92.8 Å². The smallest absolute Gasteiger partial charge is 0.304 e. The van der Waals surface area contributed by atoms with Crippen LogP contribution in [0.25, 0.3) is 33.0 Å². The summed E-state index contributed by atoms with van der Waals surface area (Å²) in [6, 6.07) is 2.72. The number of aromatic nitrogens is 1. The molecule has 0 aliphatic carbocycles. The zero-order valence-corrected chi connectivity index (χ0v) is 39.8. The number of rotatable bonds is 7. The van der Waals surface area contributed by atoms with Crippen LogP contribution in [0.15, 0.2) is 57.5 Å². The predicted molar refractivity (Wildman–Crippen MR) is 249 cm³/mol. The second kappa shape index (κ2) is 21.0. The van der Waals surface area contributed by atoms with Crippen LogP contribution >= 0.6 is 0 Å². The predicted octanol–water partition coefficient (Wildman–Crippen LogP) is 5.87. The van der Waals surface area contributed by atoms with Gasteiger partial charge in [-0.25, -0.2) is 4.98 Å². The number of phenols is 2. The Balaban J connectivity index is 1.77. The van der Waals surface area contributed by atoms with Crippen LogP contribution in [0.3, 0.4) is 0 Å². The van der Waals surface area contributed by atoms with Crippen LogP contribution in [0.5, 0.6) is 23.0 Å². The number of likely N-dealkylation sites (N-methyl/N-ethyl adjacent to an activating group) is 1. The van der Waals surface area contributed by atoms with Crippen molar-refractivity contribution in [1.82, 2.24) is 9.88 Å². The van der Waals surface area contributed by atoms with Crippen molar-refractivity contribution >= 4 is 62.7 Å². The molecule has 2 amide bonds. The molecule has 2 aliphatic rings. The first-order valence-electron chi connectivity index (χ1n) is 21.8. The second-order valence-corrected chi connectivity index (χ2v) is 17.4. The summed E-state index contributed by atoms with van der Waals surface area (Å²) in [5.41, 5.74) is -1.25. The van der Waals surface area contributed by atoms with Gasteiger partial charge in [0.25, 0.3) is 5.91 Å². The van der Waals surface area contributed by atoms with Crippen LogP contribution in [-0.4, -0.2) is 112 Å². The van der Waals surface area contributed by atoms with Crippen LogP contribution in [0.2, 0.25) is 0 Å². The third-order valence-corrected chi connectivity index (χ3v) is 12.5. The lowest BCUT2D eigenvalue weighted by molar-refractivity contribution is -0.161. The Kier molecular flexibility index (Phi) is 16.1. The van der Waals surface area contributed by atoms with E-state index in [2.05, 4.69) is 5.32 Å². The van der Waals surface area contributed by atoms with E-state index in [0.717, 1.165) is 6.26 Å². The number of esters is 1. The summed E-state index contributed by atoms with van der Waals surface area (Å²) in [6.07, 6.45) is 3.65. The van der Waals surface area contributed by atoms with Crippen LogP contribution in [0.1, 0.15) is 66.5 Å². The normalized spacial score (nSPS) is 27.3. The number of aldehydes is 1. The molecule has 3 aromatic carbocycles. The molecule has 4 bridgehead atoms. The van der Waals surface area contributed by atoms with Gasteiger partial charge >= 0.3 is 11.8 Å². The Labute approximate surface area is 387 Å². The third kappa shape index (κ3) is 10.9. The fourth-order valence-corrected chi connectivity index (χ4v) is 8.17. The molecule has 9 atom stereocenters. The molecular weight excluding hydrogens is 871 g/mol. The molecule has 4 aromatic rings. The largest absolute Gasteiger partial charge is 0.505 e. The van der Waals surface area contributed by atoms with Gasteiger partial charge in [0.1, 0.15) is 46.7 Å². The zero-order valence-electron chi connectivity index (χ0n) is 39.8. The van der Waals surface area contributed by atoms with Crippen molar-refractivity contribution in [2.45, 2.75) is 99.4 Å². The third-order valence-electron chi connectivity index (χ3n) is 12.5. The molecular formula is C49H61N3O15. The minimum Gasteiger partial charge on any atom is -0.505 e. The lowest BCUT2D eigenvalue weighted by atomic mass is 9.78. The van der Waals surface area contributed by atoms with Crippen molar-refractivity contribution in [1.29, 1.82) is 0 Å². The fraction of sp³-hybridized carbons (Fsp3) is 0.469. The number of nitrogens with one attached hydrogen (secondary N) is 1. The van der Waals surface area contributed by atoms with Crippen molar-refractivity contribution in [3.05, 3.63) is 69.6 Å². The molecule has 18 heteroatoms. The number of phenolic OH excluding ortho intramolecular Hbond substituents is 2. The van der Waals surface area contributed by atoms with Gasteiger partial charge in [0.15, 0.2) is 22.3 Å². The number of hydrogen-bond donors (Lipinski definition) is 5. The van der Waals surface area contributed by atoms with Crippen LogP contribution in [0.4, 0.5) is 5.69 Å². The number of ether oxygens (including phenoxy) is 5. The maximum atomic E-state index is 14.4. The molecule has 2 aliphatic heterocycles. The highest BCUT2D eigenvalue weighted by atomic mass is 16.7. The molecule has 0 saturated carbocycles. The van der Waals surface area contributed by atoms with Crippen LogP contribution in [-0.2, 0) is 33.4 Å². The second-order valence-electron chi connectivity index (χ2n) is 17.4. The SMILES string of the molecule is CO[C@H]1/C=C/O[C@](C)(C=O)Oc2c(C)c(=O)c3c(O)c(c4oc5cc(OCCN(C)C(C)=O)cc(O)c5nc4c3c2C)NC(=O)/C(C)=C\C=C\[C@H](C)[C@H](O)[C@@H](C)[C@@H](O)[C@@H](C)[C@H](OC(C)=O)[C@@H]1C. The summed E-state index contributed by atoms with van der Waals surface area (Å²) in [5.74, 6) is -7.27. The van der Waals surface area contributed by atoms with E-state index in [4.69, 9.17) is 33.1 Å². The maximum Gasteiger partial charge on any atom is 0.304 e. The van der Waals surface area contributed by atoms with E-state index < -0.39 is 76.9 Å². The number of carbonyl (C=O) groups is 4.